The number of fused-ring (bicyclic) bond motifs is 1. The summed E-state index contributed by atoms with van der Waals surface area (Å²) < 4.78 is 5.72. The van der Waals surface area contributed by atoms with E-state index in [1.54, 1.807) is 0 Å². The largest absolute Gasteiger partial charge is 0.432 e. The molecule has 2 atom stereocenters. The molecule has 1 saturated carbocycles. The predicted molar refractivity (Wildman–Crippen MR) is 85.3 cm³/mol. The van der Waals surface area contributed by atoms with Gasteiger partial charge in [-0.25, -0.2) is 0 Å². The molecule has 0 amide bonds. The van der Waals surface area contributed by atoms with E-state index in [2.05, 4.69) is 29.0 Å². The molecule has 2 fully saturated rings. The van der Waals surface area contributed by atoms with Crippen molar-refractivity contribution in [3.8, 4) is 0 Å². The SMILES string of the molecule is CC(C)CNCc1coc(N2CCC3CCCCC3C2)n1. The molecular formula is C17H29N3O. The number of anilines is 1. The van der Waals surface area contributed by atoms with Crippen molar-refractivity contribution in [3.63, 3.8) is 0 Å². The summed E-state index contributed by atoms with van der Waals surface area (Å²) in [6.45, 7) is 8.52. The number of piperidine rings is 1. The van der Waals surface area contributed by atoms with Crippen LogP contribution in [-0.4, -0.2) is 24.6 Å². The Bertz CT molecular complexity index is 443. The zero-order chi connectivity index (χ0) is 14.7. The summed E-state index contributed by atoms with van der Waals surface area (Å²) in [5.74, 6) is 2.49. The van der Waals surface area contributed by atoms with Crippen LogP contribution in [-0.2, 0) is 6.54 Å². The number of nitrogens with zero attached hydrogens (tertiary/aromatic N) is 2. The molecule has 0 radical (unpaired) electrons. The lowest BCUT2D eigenvalue weighted by molar-refractivity contribution is 0.198. The van der Waals surface area contributed by atoms with Crippen LogP contribution in [0.25, 0.3) is 0 Å². The van der Waals surface area contributed by atoms with Crippen LogP contribution < -0.4 is 10.2 Å². The highest BCUT2D eigenvalue weighted by Gasteiger charge is 2.32. The molecule has 1 aromatic heterocycles. The number of nitrogens with one attached hydrogen (secondary N) is 1. The van der Waals surface area contributed by atoms with Gasteiger partial charge in [0.05, 0.1) is 5.69 Å². The van der Waals surface area contributed by atoms with Crippen LogP contribution in [0, 0.1) is 17.8 Å². The van der Waals surface area contributed by atoms with E-state index in [1.807, 2.05) is 6.26 Å². The molecule has 0 spiro atoms. The lowest BCUT2D eigenvalue weighted by Gasteiger charge is -2.40. The summed E-state index contributed by atoms with van der Waals surface area (Å²) in [5.41, 5.74) is 1.02. The van der Waals surface area contributed by atoms with Gasteiger partial charge in [0.1, 0.15) is 6.26 Å². The lowest BCUT2D eigenvalue weighted by atomic mass is 9.75. The van der Waals surface area contributed by atoms with Gasteiger partial charge in [-0.15, -0.1) is 0 Å². The highest BCUT2D eigenvalue weighted by atomic mass is 16.4. The van der Waals surface area contributed by atoms with E-state index in [4.69, 9.17) is 4.42 Å². The smallest absolute Gasteiger partial charge is 0.297 e. The fourth-order valence-electron chi connectivity index (χ4n) is 3.79. The molecule has 1 aromatic rings. The minimum atomic E-state index is 0.668. The normalized spacial score (nSPS) is 26.1. The maximum atomic E-state index is 5.72. The molecule has 4 nitrogen and oxygen atoms in total. The van der Waals surface area contributed by atoms with Gasteiger partial charge in [-0.3, -0.25) is 0 Å². The number of hydrogen-bond acceptors (Lipinski definition) is 4. The van der Waals surface area contributed by atoms with Crippen molar-refractivity contribution < 1.29 is 4.42 Å². The zero-order valence-electron chi connectivity index (χ0n) is 13.5. The third kappa shape index (κ3) is 3.79. The van der Waals surface area contributed by atoms with Crippen LogP contribution in [0.4, 0.5) is 6.01 Å². The van der Waals surface area contributed by atoms with Crippen LogP contribution in [0.2, 0.25) is 0 Å². The molecule has 2 aliphatic rings. The van der Waals surface area contributed by atoms with Crippen molar-refractivity contribution in [2.45, 2.75) is 52.5 Å². The van der Waals surface area contributed by atoms with Crippen LogP contribution in [0.5, 0.6) is 0 Å². The van der Waals surface area contributed by atoms with Gasteiger partial charge in [-0.2, -0.15) is 4.98 Å². The Morgan fingerprint density at radius 2 is 2.10 bits per heavy atom. The van der Waals surface area contributed by atoms with Gasteiger partial charge in [-0.05, 0) is 37.1 Å². The topological polar surface area (TPSA) is 41.3 Å². The summed E-state index contributed by atoms with van der Waals surface area (Å²) in [7, 11) is 0. The molecule has 1 aliphatic carbocycles. The molecule has 118 valence electrons. The van der Waals surface area contributed by atoms with Crippen molar-refractivity contribution in [2.24, 2.45) is 17.8 Å². The predicted octanol–water partition coefficient (Wildman–Crippen LogP) is 3.44. The second-order valence-corrected chi connectivity index (χ2v) is 7.19. The Hall–Kier alpha value is -1.03. The molecule has 2 unspecified atom stereocenters. The van der Waals surface area contributed by atoms with Crippen LogP contribution in [0.15, 0.2) is 10.7 Å². The van der Waals surface area contributed by atoms with Gasteiger partial charge in [0.15, 0.2) is 0 Å². The molecule has 0 aromatic carbocycles. The van der Waals surface area contributed by atoms with Gasteiger partial charge in [0.2, 0.25) is 0 Å². The van der Waals surface area contributed by atoms with Crippen LogP contribution >= 0.6 is 0 Å². The van der Waals surface area contributed by atoms with Crippen LogP contribution in [0.3, 0.4) is 0 Å². The number of rotatable bonds is 5. The molecular weight excluding hydrogens is 262 g/mol. The number of oxazole rings is 1. The third-order valence-electron chi connectivity index (χ3n) is 4.96. The van der Waals surface area contributed by atoms with E-state index in [0.29, 0.717) is 5.92 Å². The summed E-state index contributed by atoms with van der Waals surface area (Å²) in [6.07, 6.45) is 8.81. The average Bonchev–Trinajstić information content (AvgIpc) is 2.95. The van der Waals surface area contributed by atoms with Gasteiger partial charge in [0, 0.05) is 19.6 Å². The average molecular weight is 291 g/mol. The Kier molecular flexibility index (Phi) is 4.84. The molecule has 1 N–H and O–H groups in total. The van der Waals surface area contributed by atoms with Gasteiger partial charge in [-0.1, -0.05) is 33.1 Å². The molecule has 1 aliphatic heterocycles. The quantitative estimate of drug-likeness (QED) is 0.902. The standard InChI is InChI=1S/C17H29N3O/c1-13(2)9-18-10-16-12-21-17(19-16)20-8-7-14-5-3-4-6-15(14)11-20/h12-15,18H,3-11H2,1-2H3. The van der Waals surface area contributed by atoms with Crippen molar-refractivity contribution in [3.05, 3.63) is 12.0 Å². The van der Waals surface area contributed by atoms with E-state index >= 15 is 0 Å². The van der Waals surface area contributed by atoms with E-state index in [-0.39, 0.29) is 0 Å². The molecule has 2 heterocycles. The lowest BCUT2D eigenvalue weighted by Crippen LogP contribution is -2.42. The van der Waals surface area contributed by atoms with Crippen molar-refractivity contribution in [1.82, 2.24) is 10.3 Å². The minimum Gasteiger partial charge on any atom is -0.432 e. The Labute approximate surface area is 128 Å². The van der Waals surface area contributed by atoms with Gasteiger partial charge >= 0.3 is 0 Å². The van der Waals surface area contributed by atoms with Crippen molar-refractivity contribution in [1.29, 1.82) is 0 Å². The molecule has 1 saturated heterocycles. The molecule has 0 bridgehead atoms. The molecule has 4 heteroatoms. The summed E-state index contributed by atoms with van der Waals surface area (Å²) >= 11 is 0. The van der Waals surface area contributed by atoms with Crippen LogP contribution in [0.1, 0.15) is 51.6 Å². The first-order valence-corrected chi connectivity index (χ1v) is 8.62. The van der Waals surface area contributed by atoms with E-state index < -0.39 is 0 Å². The molecule has 3 rings (SSSR count). The summed E-state index contributed by atoms with van der Waals surface area (Å²) in [6, 6.07) is 0.834. The maximum absolute atomic E-state index is 5.72. The fourth-order valence-corrected chi connectivity index (χ4v) is 3.79. The summed E-state index contributed by atoms with van der Waals surface area (Å²) in [4.78, 5) is 7.02. The van der Waals surface area contributed by atoms with E-state index in [0.717, 1.165) is 49.7 Å². The van der Waals surface area contributed by atoms with Gasteiger partial charge < -0.3 is 14.6 Å². The first-order chi connectivity index (χ1) is 10.2. The first kappa shape index (κ1) is 14.9. The van der Waals surface area contributed by atoms with E-state index in [9.17, 15) is 0 Å². The Balaban J connectivity index is 1.53. The highest BCUT2D eigenvalue weighted by molar-refractivity contribution is 5.28. The van der Waals surface area contributed by atoms with Crippen molar-refractivity contribution >= 4 is 6.01 Å². The zero-order valence-corrected chi connectivity index (χ0v) is 13.5. The maximum Gasteiger partial charge on any atom is 0.297 e. The Morgan fingerprint density at radius 3 is 2.90 bits per heavy atom. The monoisotopic (exact) mass is 291 g/mol. The second-order valence-electron chi connectivity index (χ2n) is 7.19. The van der Waals surface area contributed by atoms with Gasteiger partial charge in [0.25, 0.3) is 6.01 Å². The molecule has 21 heavy (non-hydrogen) atoms. The summed E-state index contributed by atoms with van der Waals surface area (Å²) in [5, 5.41) is 3.42. The highest BCUT2D eigenvalue weighted by Crippen LogP contribution is 2.37. The Morgan fingerprint density at radius 1 is 1.29 bits per heavy atom. The first-order valence-electron chi connectivity index (χ1n) is 8.62. The fraction of sp³-hybridized carbons (Fsp3) is 0.824. The number of aromatic nitrogens is 1. The third-order valence-corrected chi connectivity index (χ3v) is 4.96. The van der Waals surface area contributed by atoms with E-state index in [1.165, 1.54) is 32.1 Å². The second kappa shape index (κ2) is 6.82. The number of hydrogen-bond donors (Lipinski definition) is 1. The van der Waals surface area contributed by atoms with Crippen molar-refractivity contribution in [2.75, 3.05) is 24.5 Å². The minimum absolute atomic E-state index is 0.668.